The number of carbonyl (C=O) groups is 4. The molecule has 0 bridgehead atoms. The third-order valence-corrected chi connectivity index (χ3v) is 27.8. The van der Waals surface area contributed by atoms with Gasteiger partial charge in [-0.25, -0.2) is 9.59 Å². The van der Waals surface area contributed by atoms with E-state index in [1.807, 2.05) is 32.9 Å². The molecule has 3 aliphatic heterocycles. The van der Waals surface area contributed by atoms with E-state index in [9.17, 15) is 70.2 Å². The Balaban J connectivity index is 0.000000229. The van der Waals surface area contributed by atoms with Gasteiger partial charge in [0.1, 0.15) is 75.6 Å². The Bertz CT molecular complexity index is 3510. The van der Waals surface area contributed by atoms with Gasteiger partial charge in [-0.15, -0.1) is 0 Å². The number of methoxy groups -OCH3 is 3. The van der Waals surface area contributed by atoms with E-state index in [0.29, 0.717) is 57.8 Å². The summed E-state index contributed by atoms with van der Waals surface area (Å²) in [6, 6.07) is 11.2. The predicted octanol–water partition coefficient (Wildman–Crippen LogP) is 6.41. The maximum Gasteiger partial charge on any atom is 0.338 e. The van der Waals surface area contributed by atoms with Crippen molar-refractivity contribution in [2.75, 3.05) is 21.3 Å². The Hall–Kier alpha value is -4.88. The lowest BCUT2D eigenvalue weighted by Crippen LogP contribution is -2.78. The summed E-state index contributed by atoms with van der Waals surface area (Å²) in [5, 5.41) is 115. The molecular formula is C77H108O25. The summed E-state index contributed by atoms with van der Waals surface area (Å²) in [7, 11) is 4.82. The molecule has 6 saturated carbocycles. The molecule has 8 aliphatic carbocycles. The van der Waals surface area contributed by atoms with Crippen molar-refractivity contribution < 1.29 is 122 Å². The Morgan fingerprint density at radius 3 is 1.27 bits per heavy atom. The van der Waals surface area contributed by atoms with Gasteiger partial charge in [0.25, 0.3) is 0 Å². The van der Waals surface area contributed by atoms with Gasteiger partial charge in [0.2, 0.25) is 0 Å². The molecule has 566 valence electrons. The molecule has 0 radical (unpaired) electrons. The fourth-order valence-corrected chi connectivity index (χ4v) is 21.4. The van der Waals surface area contributed by atoms with Crippen LogP contribution in [0.15, 0.2) is 71.8 Å². The van der Waals surface area contributed by atoms with Crippen LogP contribution in [0.2, 0.25) is 0 Å². The summed E-state index contributed by atoms with van der Waals surface area (Å²) in [5.74, 6) is -3.72. The molecule has 13 rings (SSSR count). The van der Waals surface area contributed by atoms with Crippen LogP contribution in [0.4, 0.5) is 0 Å². The molecule has 0 aromatic heterocycles. The molecule has 11 aliphatic rings. The average Bonchev–Trinajstić information content (AvgIpc) is 1.40. The van der Waals surface area contributed by atoms with E-state index in [1.165, 1.54) is 62.4 Å². The van der Waals surface area contributed by atoms with Crippen molar-refractivity contribution in [1.82, 2.24) is 0 Å². The quantitative estimate of drug-likeness (QED) is 0.0680. The minimum Gasteiger partial charge on any atom is -0.508 e. The van der Waals surface area contributed by atoms with E-state index in [4.69, 9.17) is 52.1 Å². The summed E-state index contributed by atoms with van der Waals surface area (Å²) in [6.45, 7) is 15.3. The highest BCUT2D eigenvalue weighted by molar-refractivity contribution is 5.91. The second-order valence-electron chi connectivity index (χ2n) is 32.4. The van der Waals surface area contributed by atoms with Gasteiger partial charge in [-0.2, -0.15) is 0 Å². The average molecular weight is 1430 g/mol. The number of phenols is 2. The Labute approximate surface area is 596 Å². The van der Waals surface area contributed by atoms with Gasteiger partial charge in [0.15, 0.2) is 30.4 Å². The first-order valence-corrected chi connectivity index (χ1v) is 36.5. The standard InChI is InChI=1S/C49H72O17.C28H36O8/c1-25-41(52)33(57-7)21-39(60-25)65-43-27(3)62-40(23-35(43)59-9)66-42-26(2)61-38(22-34(42)58-8)63-32-15-16-45(5)30(20-32)14-17-48(55)36(45)24-37(64-44(53)29-10-12-31(51)13-11-29)46(6)47(54,28(4)50)18-19-49(46,48)56;1-16(29)26(33)12-13-28(35)25(26,3)22(36-23(32)17-4-6-19(30)7-5-17)15-21-24(2)10-9-20(31)14-18(24)8-11-27(21,28)34/h10-14,25-27,32-43,51-52,54-56H,15-24H2,1-9H3;4-8,20-22,30-31,33-35H,9-15H2,1-3H3. The SMILES string of the molecule is CC(=O)C1(O)CCC2(O)C3(O)CC=C4CC(O)CCC4(C)C3CC(OC(=O)c3ccc(O)cc3)C12C.COC1CC(OC2C(C)OC(OC3C(C)OC(OC4CCC5(C)C(=CCC6(O)C5CC(OC(=O)c5ccc(O)cc5)C5(C)C(O)(C(C)=O)CCC65O)C4)CC3OC)CC2OC)OC(C)C1O. The summed E-state index contributed by atoms with van der Waals surface area (Å²) in [4.78, 5) is 53.1. The van der Waals surface area contributed by atoms with E-state index in [-0.39, 0.29) is 86.2 Å². The second kappa shape index (κ2) is 27.7. The molecule has 0 spiro atoms. The van der Waals surface area contributed by atoms with Gasteiger partial charge in [-0.3, -0.25) is 9.59 Å². The number of carbonyl (C=O) groups excluding carboxylic acids is 4. The van der Waals surface area contributed by atoms with Gasteiger partial charge < -0.3 is 103 Å². The van der Waals surface area contributed by atoms with Crippen LogP contribution in [-0.2, 0) is 61.7 Å². The zero-order valence-electron chi connectivity index (χ0n) is 60.8. The lowest BCUT2D eigenvalue weighted by molar-refractivity contribution is -0.338. The minimum atomic E-state index is -2.07. The van der Waals surface area contributed by atoms with Gasteiger partial charge in [-0.1, -0.05) is 37.1 Å². The highest BCUT2D eigenvalue weighted by Crippen LogP contribution is 2.73. The molecule has 10 N–H and O–H groups in total. The van der Waals surface area contributed by atoms with Crippen LogP contribution >= 0.6 is 0 Å². The van der Waals surface area contributed by atoms with E-state index in [1.54, 1.807) is 42.1 Å². The Morgan fingerprint density at radius 1 is 0.480 bits per heavy atom. The molecule has 2 aromatic carbocycles. The van der Waals surface area contributed by atoms with Gasteiger partial charge >= 0.3 is 11.9 Å². The summed E-state index contributed by atoms with van der Waals surface area (Å²) in [6.07, 6.45) is -0.511. The van der Waals surface area contributed by atoms with Crippen LogP contribution in [-0.4, -0.2) is 228 Å². The van der Waals surface area contributed by atoms with Crippen molar-refractivity contribution >= 4 is 23.5 Å². The number of fused-ring (bicyclic) bond motifs is 10. The van der Waals surface area contributed by atoms with Crippen LogP contribution in [0.1, 0.15) is 192 Å². The Morgan fingerprint density at radius 2 is 0.863 bits per heavy atom. The summed E-state index contributed by atoms with van der Waals surface area (Å²) < 4.78 is 68.1. The molecule has 3 saturated heterocycles. The molecule has 25 heteroatoms. The van der Waals surface area contributed by atoms with Crippen LogP contribution < -0.4 is 0 Å². The van der Waals surface area contributed by atoms with E-state index < -0.39 is 177 Å². The third kappa shape index (κ3) is 12.0. The number of aliphatic hydroxyl groups excluding tert-OH is 2. The van der Waals surface area contributed by atoms with Gasteiger partial charge in [-0.05, 0) is 198 Å². The maximum atomic E-state index is 13.7. The first-order valence-electron chi connectivity index (χ1n) is 36.5. The topological polar surface area (TPSA) is 372 Å². The lowest BCUT2D eigenvalue weighted by atomic mass is 9.42. The molecule has 0 amide bonds. The molecule has 2 aromatic rings. The van der Waals surface area contributed by atoms with Gasteiger partial charge in [0, 0.05) is 52.4 Å². The summed E-state index contributed by atoms with van der Waals surface area (Å²) >= 11 is 0. The second-order valence-corrected chi connectivity index (χ2v) is 32.4. The molecule has 3 heterocycles. The van der Waals surface area contributed by atoms with Crippen molar-refractivity contribution in [1.29, 1.82) is 0 Å². The van der Waals surface area contributed by atoms with Crippen molar-refractivity contribution in [3.05, 3.63) is 83.0 Å². The smallest absolute Gasteiger partial charge is 0.338 e. The molecule has 28 atom stereocenters. The Kier molecular flexibility index (Phi) is 20.9. The maximum absolute atomic E-state index is 13.7. The van der Waals surface area contributed by atoms with Crippen LogP contribution in [0, 0.1) is 33.5 Å². The number of ether oxygens (including phenoxy) is 11. The number of phenolic OH excluding ortho intramolecular Hbond substituents is 2. The third-order valence-electron chi connectivity index (χ3n) is 27.8. The molecular weight excluding hydrogens is 1320 g/mol. The zero-order valence-corrected chi connectivity index (χ0v) is 60.8. The van der Waals surface area contributed by atoms with Crippen molar-refractivity contribution in [2.45, 2.75) is 303 Å². The number of aliphatic hydroxyl groups is 8. The fraction of sp³-hybridized carbons (Fsp3) is 0.740. The predicted molar refractivity (Wildman–Crippen MR) is 362 cm³/mol. The number of Topliss-reactive ketones (excluding diaryl/α,β-unsaturated/α-hetero) is 2. The van der Waals surface area contributed by atoms with E-state index in [0.717, 1.165) is 11.1 Å². The van der Waals surface area contributed by atoms with Crippen molar-refractivity contribution in [2.24, 2.45) is 33.5 Å². The number of esters is 2. The van der Waals surface area contributed by atoms with Crippen LogP contribution in [0.3, 0.4) is 0 Å². The van der Waals surface area contributed by atoms with Gasteiger partial charge in [0.05, 0.1) is 70.8 Å². The monoisotopic (exact) mass is 1430 g/mol. The number of hydrogen-bond acceptors (Lipinski definition) is 25. The van der Waals surface area contributed by atoms with E-state index >= 15 is 0 Å². The molecule has 102 heavy (non-hydrogen) atoms. The van der Waals surface area contributed by atoms with Crippen molar-refractivity contribution in [3.63, 3.8) is 0 Å². The lowest BCUT2D eigenvalue weighted by Gasteiger charge is -2.67. The first kappa shape index (κ1) is 76.8. The number of benzene rings is 2. The number of hydrogen-bond donors (Lipinski definition) is 10. The van der Waals surface area contributed by atoms with Crippen LogP contribution in [0.5, 0.6) is 11.5 Å². The number of ketones is 2. The fourth-order valence-electron chi connectivity index (χ4n) is 21.4. The molecule has 25 nitrogen and oxygen atoms in total. The largest absolute Gasteiger partial charge is 0.508 e. The summed E-state index contributed by atoms with van der Waals surface area (Å²) in [5.41, 5.74) is -13.6. The number of rotatable bonds is 15. The van der Waals surface area contributed by atoms with Crippen molar-refractivity contribution in [3.8, 4) is 11.5 Å². The molecule has 9 fully saturated rings. The van der Waals surface area contributed by atoms with Crippen LogP contribution in [0.25, 0.3) is 0 Å². The molecule has 28 unspecified atom stereocenters. The zero-order chi connectivity index (χ0) is 74.0. The first-order chi connectivity index (χ1) is 47.9. The highest BCUT2D eigenvalue weighted by atomic mass is 16.7. The van der Waals surface area contributed by atoms with E-state index in [2.05, 4.69) is 6.92 Å². The number of aromatic hydroxyl groups is 2. The minimum absolute atomic E-state index is 0.00806. The highest BCUT2D eigenvalue weighted by Gasteiger charge is 2.83. The normalized spacial score (nSPS) is 47.2.